The Bertz CT molecular complexity index is 775. The summed E-state index contributed by atoms with van der Waals surface area (Å²) in [5.41, 5.74) is 1.30. The van der Waals surface area contributed by atoms with E-state index in [1.54, 1.807) is 0 Å². The van der Waals surface area contributed by atoms with Crippen molar-refractivity contribution in [2.24, 2.45) is 0 Å². The molecule has 0 unspecified atom stereocenters. The highest BCUT2D eigenvalue weighted by molar-refractivity contribution is 6.06. The Hall–Kier alpha value is -2.37. The summed E-state index contributed by atoms with van der Waals surface area (Å²) in [4.78, 5) is 38.3. The predicted octanol–water partition coefficient (Wildman–Crippen LogP) is 6.92. The van der Waals surface area contributed by atoms with E-state index in [9.17, 15) is 29.7 Å². The smallest absolute Gasteiger partial charge is 0.336 e. The molecule has 0 aliphatic heterocycles. The standard InChI is InChI=1S/C27H36O6/c28-25(29)22-19(16-10-4-1-5-11-16)23(26(30)31)21(18-14-8-3-9-15-18)24(27(32)33)20(22)17-12-6-2-7-13-17/h16-18H,1-15H2,(H,28,29)(H,30,31)(H,32,33). The van der Waals surface area contributed by atoms with Crippen molar-refractivity contribution in [1.29, 1.82) is 0 Å². The van der Waals surface area contributed by atoms with E-state index in [2.05, 4.69) is 0 Å². The van der Waals surface area contributed by atoms with Crippen molar-refractivity contribution in [1.82, 2.24) is 0 Å². The van der Waals surface area contributed by atoms with Crippen LogP contribution in [0.4, 0.5) is 0 Å². The van der Waals surface area contributed by atoms with Crippen LogP contribution in [0.15, 0.2) is 0 Å². The van der Waals surface area contributed by atoms with Gasteiger partial charge in [0.15, 0.2) is 0 Å². The summed E-state index contributed by atoms with van der Waals surface area (Å²) in [7, 11) is 0. The molecule has 3 fully saturated rings. The fraction of sp³-hybridized carbons (Fsp3) is 0.667. The maximum Gasteiger partial charge on any atom is 0.336 e. The first-order valence-electron chi connectivity index (χ1n) is 12.8. The average molecular weight is 457 g/mol. The van der Waals surface area contributed by atoms with E-state index >= 15 is 0 Å². The number of hydrogen-bond acceptors (Lipinski definition) is 3. The Morgan fingerprint density at radius 2 is 0.636 bits per heavy atom. The van der Waals surface area contributed by atoms with Crippen LogP contribution in [0.5, 0.6) is 0 Å². The molecule has 0 saturated heterocycles. The van der Waals surface area contributed by atoms with E-state index in [4.69, 9.17) is 0 Å². The number of benzene rings is 1. The van der Waals surface area contributed by atoms with Crippen LogP contribution in [0.3, 0.4) is 0 Å². The third-order valence-corrected chi connectivity index (χ3v) is 8.30. The second-order valence-electron chi connectivity index (χ2n) is 10.3. The van der Waals surface area contributed by atoms with Gasteiger partial charge in [-0.15, -0.1) is 0 Å². The van der Waals surface area contributed by atoms with Gasteiger partial charge in [-0.2, -0.15) is 0 Å². The maximum absolute atomic E-state index is 12.8. The van der Waals surface area contributed by atoms with Gasteiger partial charge in [-0.3, -0.25) is 0 Å². The van der Waals surface area contributed by atoms with Gasteiger partial charge in [0.05, 0.1) is 16.7 Å². The zero-order valence-corrected chi connectivity index (χ0v) is 19.4. The third kappa shape index (κ3) is 4.67. The summed E-state index contributed by atoms with van der Waals surface area (Å²) in [6, 6.07) is 0. The van der Waals surface area contributed by atoms with Crippen LogP contribution in [-0.4, -0.2) is 33.2 Å². The van der Waals surface area contributed by atoms with Crippen molar-refractivity contribution in [3.8, 4) is 0 Å². The van der Waals surface area contributed by atoms with Crippen molar-refractivity contribution < 1.29 is 29.7 Å². The van der Waals surface area contributed by atoms with Crippen LogP contribution in [-0.2, 0) is 0 Å². The highest BCUT2D eigenvalue weighted by Gasteiger charge is 2.40. The Balaban J connectivity index is 2.10. The third-order valence-electron chi connectivity index (χ3n) is 8.30. The lowest BCUT2D eigenvalue weighted by Crippen LogP contribution is -2.27. The fourth-order valence-corrected chi connectivity index (χ4v) is 6.90. The van der Waals surface area contributed by atoms with Gasteiger partial charge in [0.1, 0.15) is 0 Å². The zero-order valence-electron chi connectivity index (χ0n) is 19.4. The lowest BCUT2D eigenvalue weighted by Gasteiger charge is -2.35. The largest absolute Gasteiger partial charge is 0.478 e. The van der Waals surface area contributed by atoms with Crippen LogP contribution in [0, 0.1) is 0 Å². The molecule has 0 aromatic heterocycles. The van der Waals surface area contributed by atoms with Crippen LogP contribution >= 0.6 is 0 Å². The second kappa shape index (κ2) is 10.3. The Morgan fingerprint density at radius 1 is 0.424 bits per heavy atom. The highest BCUT2D eigenvalue weighted by atomic mass is 16.4. The summed E-state index contributed by atoms with van der Waals surface area (Å²) in [6.45, 7) is 0. The minimum atomic E-state index is -1.17. The molecule has 4 rings (SSSR count). The number of rotatable bonds is 6. The number of carboxylic acid groups (broad SMARTS) is 3. The van der Waals surface area contributed by atoms with E-state index in [1.807, 2.05) is 0 Å². The van der Waals surface area contributed by atoms with Crippen molar-refractivity contribution in [3.05, 3.63) is 33.4 Å². The molecule has 33 heavy (non-hydrogen) atoms. The Kier molecular flexibility index (Phi) is 7.40. The highest BCUT2D eigenvalue weighted by Crippen LogP contribution is 2.48. The summed E-state index contributed by atoms with van der Waals surface area (Å²) >= 11 is 0. The van der Waals surface area contributed by atoms with E-state index in [0.717, 1.165) is 96.3 Å². The van der Waals surface area contributed by atoms with Gasteiger partial charge in [0, 0.05) is 0 Å². The molecule has 0 amide bonds. The minimum absolute atomic E-state index is 0.00293. The van der Waals surface area contributed by atoms with Gasteiger partial charge in [-0.1, -0.05) is 57.8 Å². The number of carboxylic acids is 3. The first-order valence-corrected chi connectivity index (χ1v) is 12.8. The van der Waals surface area contributed by atoms with Gasteiger partial charge in [-0.05, 0) is 73.0 Å². The van der Waals surface area contributed by atoms with Crippen LogP contribution in [0.1, 0.15) is 162 Å². The molecule has 0 heterocycles. The first-order chi connectivity index (χ1) is 15.9. The van der Waals surface area contributed by atoms with Crippen molar-refractivity contribution in [2.75, 3.05) is 0 Å². The monoisotopic (exact) mass is 456 g/mol. The van der Waals surface area contributed by atoms with Gasteiger partial charge in [0.25, 0.3) is 0 Å². The fourth-order valence-electron chi connectivity index (χ4n) is 6.90. The summed E-state index contributed by atoms with van der Waals surface area (Å²) in [5, 5.41) is 31.3. The second-order valence-corrected chi connectivity index (χ2v) is 10.3. The van der Waals surface area contributed by atoms with Crippen LogP contribution < -0.4 is 0 Å². The normalized spacial score (nSPS) is 21.1. The molecule has 3 aliphatic rings. The van der Waals surface area contributed by atoms with Crippen molar-refractivity contribution in [3.63, 3.8) is 0 Å². The van der Waals surface area contributed by atoms with Gasteiger partial charge in [0.2, 0.25) is 0 Å². The number of hydrogen-bond donors (Lipinski definition) is 3. The van der Waals surface area contributed by atoms with Crippen LogP contribution in [0.2, 0.25) is 0 Å². The molecule has 3 N–H and O–H groups in total. The molecule has 0 radical (unpaired) electrons. The quantitative estimate of drug-likeness (QED) is 0.428. The molecule has 3 saturated carbocycles. The molecule has 3 aliphatic carbocycles. The Labute approximate surface area is 195 Å². The molecule has 1 aromatic rings. The molecule has 0 atom stereocenters. The van der Waals surface area contributed by atoms with E-state index in [-0.39, 0.29) is 34.4 Å². The molecule has 6 heteroatoms. The lowest BCUT2D eigenvalue weighted by molar-refractivity contribution is 0.0688. The number of aromatic carboxylic acids is 3. The lowest BCUT2D eigenvalue weighted by atomic mass is 9.68. The minimum Gasteiger partial charge on any atom is -0.478 e. The molecular weight excluding hydrogens is 420 g/mol. The van der Waals surface area contributed by atoms with E-state index in [0.29, 0.717) is 16.7 Å². The summed E-state index contributed by atoms with van der Waals surface area (Å²) < 4.78 is 0. The maximum atomic E-state index is 12.8. The van der Waals surface area contributed by atoms with Gasteiger partial charge in [-0.25, -0.2) is 14.4 Å². The summed E-state index contributed by atoms with van der Waals surface area (Å²) in [5.74, 6) is -3.92. The summed E-state index contributed by atoms with van der Waals surface area (Å²) in [6.07, 6.45) is 13.5. The topological polar surface area (TPSA) is 112 Å². The van der Waals surface area contributed by atoms with Crippen molar-refractivity contribution in [2.45, 2.75) is 114 Å². The molecule has 180 valence electrons. The molecule has 1 aromatic carbocycles. The average Bonchev–Trinajstić information content (AvgIpc) is 2.83. The van der Waals surface area contributed by atoms with E-state index < -0.39 is 17.9 Å². The Morgan fingerprint density at radius 3 is 0.818 bits per heavy atom. The molecular formula is C27H36O6. The predicted molar refractivity (Wildman–Crippen MR) is 125 cm³/mol. The SMILES string of the molecule is O=C(O)c1c(C2CCCCC2)c(C(=O)O)c(C2CCCCC2)c(C(=O)O)c1C1CCCCC1. The van der Waals surface area contributed by atoms with E-state index in [1.165, 1.54) is 0 Å². The first kappa shape index (κ1) is 23.8. The zero-order chi connectivity index (χ0) is 23.5. The molecule has 0 bridgehead atoms. The van der Waals surface area contributed by atoms with Gasteiger partial charge >= 0.3 is 17.9 Å². The molecule has 0 spiro atoms. The van der Waals surface area contributed by atoms with Gasteiger partial charge < -0.3 is 15.3 Å². The molecule has 6 nitrogen and oxygen atoms in total. The van der Waals surface area contributed by atoms with Crippen LogP contribution in [0.25, 0.3) is 0 Å². The number of carbonyl (C=O) groups is 3. The van der Waals surface area contributed by atoms with Crippen molar-refractivity contribution >= 4 is 17.9 Å².